The Bertz CT molecular complexity index is 1280. The number of H-pyrrole nitrogens is 1. The lowest BCUT2D eigenvalue weighted by Crippen LogP contribution is -2.13. The molecule has 0 bridgehead atoms. The molecule has 29 heavy (non-hydrogen) atoms. The molecule has 1 amide bonds. The molecule has 0 saturated heterocycles. The molecule has 7 nitrogen and oxygen atoms in total. The normalized spacial score (nSPS) is 11.2. The van der Waals surface area contributed by atoms with E-state index < -0.39 is 0 Å². The summed E-state index contributed by atoms with van der Waals surface area (Å²) in [5, 5.41) is 4.34. The standard InChI is InChI=1S/C21H15N5O2S/c27-19(26-20-24-15-7-2-3-8-16(15)25-20)18-14(12-29-21-22-10-5-11-23-21)13-6-1-4-9-17(13)28-18/h1-11H,12H2,(H2,24,25,26,27). The summed E-state index contributed by atoms with van der Waals surface area (Å²) in [6.07, 6.45) is 3.38. The first-order chi connectivity index (χ1) is 14.3. The number of anilines is 1. The lowest BCUT2D eigenvalue weighted by atomic mass is 10.1. The first-order valence-electron chi connectivity index (χ1n) is 8.94. The number of nitrogens with zero attached hydrogens (tertiary/aromatic N) is 3. The van der Waals surface area contributed by atoms with E-state index in [1.807, 2.05) is 48.5 Å². The highest BCUT2D eigenvalue weighted by atomic mass is 32.2. The topological polar surface area (TPSA) is 96.7 Å². The number of hydrogen-bond donors (Lipinski definition) is 2. The van der Waals surface area contributed by atoms with Gasteiger partial charge in [-0.15, -0.1) is 0 Å². The predicted octanol–water partition coefficient (Wildman–Crippen LogP) is 4.64. The fourth-order valence-corrected chi connectivity index (χ4v) is 3.93. The zero-order valence-electron chi connectivity index (χ0n) is 15.1. The maximum absolute atomic E-state index is 13.0. The summed E-state index contributed by atoms with van der Waals surface area (Å²) in [5.74, 6) is 0.783. The summed E-state index contributed by atoms with van der Waals surface area (Å²) in [6.45, 7) is 0. The number of aromatic amines is 1. The summed E-state index contributed by atoms with van der Waals surface area (Å²) >= 11 is 1.45. The van der Waals surface area contributed by atoms with Crippen molar-refractivity contribution in [1.29, 1.82) is 0 Å². The van der Waals surface area contributed by atoms with Crippen molar-refractivity contribution in [2.24, 2.45) is 0 Å². The molecule has 5 rings (SSSR count). The highest BCUT2D eigenvalue weighted by Crippen LogP contribution is 2.31. The third-order valence-corrected chi connectivity index (χ3v) is 5.32. The average Bonchev–Trinajstić information content (AvgIpc) is 3.33. The Hall–Kier alpha value is -3.65. The van der Waals surface area contributed by atoms with Crippen molar-refractivity contribution in [2.45, 2.75) is 10.9 Å². The molecule has 0 aliphatic rings. The third kappa shape index (κ3) is 3.45. The number of furan rings is 1. The first kappa shape index (κ1) is 17.4. The number of amides is 1. The lowest BCUT2D eigenvalue weighted by Gasteiger charge is -2.03. The van der Waals surface area contributed by atoms with Crippen molar-refractivity contribution >= 4 is 45.6 Å². The van der Waals surface area contributed by atoms with E-state index >= 15 is 0 Å². The highest BCUT2D eigenvalue weighted by molar-refractivity contribution is 7.98. The van der Waals surface area contributed by atoms with E-state index in [2.05, 4.69) is 25.3 Å². The molecular weight excluding hydrogens is 386 g/mol. The Labute approximate surface area is 169 Å². The Balaban J connectivity index is 1.47. The summed E-state index contributed by atoms with van der Waals surface area (Å²) in [7, 11) is 0. The summed E-state index contributed by atoms with van der Waals surface area (Å²) in [4.78, 5) is 28.9. The summed E-state index contributed by atoms with van der Waals surface area (Å²) in [6, 6.07) is 16.9. The fourth-order valence-electron chi connectivity index (χ4n) is 3.10. The molecule has 0 radical (unpaired) electrons. The van der Waals surface area contributed by atoms with Gasteiger partial charge in [0, 0.05) is 29.1 Å². The van der Waals surface area contributed by atoms with E-state index in [1.165, 1.54) is 11.8 Å². The largest absolute Gasteiger partial charge is 0.451 e. The monoisotopic (exact) mass is 401 g/mol. The van der Waals surface area contributed by atoms with Gasteiger partial charge in [-0.25, -0.2) is 15.0 Å². The Morgan fingerprint density at radius 1 is 1.03 bits per heavy atom. The molecule has 0 atom stereocenters. The van der Waals surface area contributed by atoms with Gasteiger partial charge in [0.2, 0.25) is 5.95 Å². The smallest absolute Gasteiger partial charge is 0.294 e. The Morgan fingerprint density at radius 3 is 2.69 bits per heavy atom. The van der Waals surface area contributed by atoms with Gasteiger partial charge in [0.1, 0.15) is 5.58 Å². The van der Waals surface area contributed by atoms with E-state index in [4.69, 9.17) is 4.42 Å². The van der Waals surface area contributed by atoms with Gasteiger partial charge in [-0.3, -0.25) is 10.1 Å². The minimum Gasteiger partial charge on any atom is -0.451 e. The number of carbonyl (C=O) groups excluding carboxylic acids is 1. The molecular formula is C21H15N5O2S. The van der Waals surface area contributed by atoms with Crippen LogP contribution in [-0.4, -0.2) is 25.8 Å². The molecule has 0 saturated carbocycles. The second-order valence-electron chi connectivity index (χ2n) is 6.28. The van der Waals surface area contributed by atoms with Gasteiger partial charge in [-0.2, -0.15) is 0 Å². The maximum atomic E-state index is 13.0. The van der Waals surface area contributed by atoms with Crippen LogP contribution in [-0.2, 0) is 5.75 Å². The van der Waals surface area contributed by atoms with Crippen LogP contribution in [0.25, 0.3) is 22.0 Å². The highest BCUT2D eigenvalue weighted by Gasteiger charge is 2.22. The molecule has 0 aliphatic heterocycles. The number of imidazole rings is 1. The number of thioether (sulfide) groups is 1. The molecule has 0 spiro atoms. The first-order valence-corrected chi connectivity index (χ1v) is 9.93. The number of hydrogen-bond acceptors (Lipinski definition) is 6. The molecule has 0 aliphatic carbocycles. The number of rotatable bonds is 5. The van der Waals surface area contributed by atoms with E-state index in [0.717, 1.165) is 22.0 Å². The molecule has 2 N–H and O–H groups in total. The second-order valence-corrected chi connectivity index (χ2v) is 7.23. The quantitative estimate of drug-likeness (QED) is 0.329. The number of para-hydroxylation sites is 3. The van der Waals surface area contributed by atoms with E-state index in [1.54, 1.807) is 18.5 Å². The number of carbonyl (C=O) groups is 1. The van der Waals surface area contributed by atoms with E-state index in [0.29, 0.717) is 22.4 Å². The van der Waals surface area contributed by atoms with Crippen LogP contribution in [0.5, 0.6) is 0 Å². The fraction of sp³-hybridized carbons (Fsp3) is 0.0476. The lowest BCUT2D eigenvalue weighted by molar-refractivity contribution is 0.0997. The van der Waals surface area contributed by atoms with Crippen LogP contribution in [0.2, 0.25) is 0 Å². The molecule has 0 fully saturated rings. The minimum absolute atomic E-state index is 0.259. The van der Waals surface area contributed by atoms with Crippen LogP contribution in [0.1, 0.15) is 16.1 Å². The van der Waals surface area contributed by atoms with Gasteiger partial charge in [-0.05, 0) is 24.3 Å². The van der Waals surface area contributed by atoms with Gasteiger partial charge in [-0.1, -0.05) is 42.1 Å². The summed E-state index contributed by atoms with van der Waals surface area (Å²) < 4.78 is 5.89. The third-order valence-electron chi connectivity index (χ3n) is 4.41. The van der Waals surface area contributed by atoms with Crippen LogP contribution in [0.15, 0.2) is 76.6 Å². The second kappa shape index (κ2) is 7.40. The van der Waals surface area contributed by atoms with Crippen molar-refractivity contribution in [3.05, 3.63) is 78.3 Å². The summed E-state index contributed by atoms with van der Waals surface area (Å²) in [5.41, 5.74) is 3.09. The maximum Gasteiger partial charge on any atom is 0.294 e. The van der Waals surface area contributed by atoms with Crippen molar-refractivity contribution in [1.82, 2.24) is 19.9 Å². The minimum atomic E-state index is -0.357. The molecule has 0 unspecified atom stereocenters. The molecule has 5 aromatic rings. The molecule has 142 valence electrons. The van der Waals surface area contributed by atoms with Gasteiger partial charge in [0.05, 0.1) is 11.0 Å². The van der Waals surface area contributed by atoms with Crippen molar-refractivity contribution in [2.75, 3.05) is 5.32 Å². The Kier molecular flexibility index (Phi) is 4.45. The van der Waals surface area contributed by atoms with Crippen LogP contribution >= 0.6 is 11.8 Å². The SMILES string of the molecule is O=C(Nc1nc2ccccc2[nH]1)c1oc2ccccc2c1CSc1ncccn1. The van der Waals surface area contributed by atoms with Crippen LogP contribution in [0.4, 0.5) is 5.95 Å². The number of fused-ring (bicyclic) bond motifs is 2. The van der Waals surface area contributed by atoms with Crippen molar-refractivity contribution in [3.63, 3.8) is 0 Å². The molecule has 3 heterocycles. The van der Waals surface area contributed by atoms with Crippen LogP contribution in [0.3, 0.4) is 0 Å². The number of aromatic nitrogens is 4. The van der Waals surface area contributed by atoms with Crippen LogP contribution in [0, 0.1) is 0 Å². The van der Waals surface area contributed by atoms with Gasteiger partial charge in [0.25, 0.3) is 5.91 Å². The molecule has 2 aromatic carbocycles. The average molecular weight is 401 g/mol. The van der Waals surface area contributed by atoms with E-state index in [9.17, 15) is 4.79 Å². The zero-order valence-corrected chi connectivity index (χ0v) is 15.9. The van der Waals surface area contributed by atoms with Gasteiger partial charge in [0.15, 0.2) is 10.9 Å². The molecule has 3 aromatic heterocycles. The van der Waals surface area contributed by atoms with Gasteiger partial charge >= 0.3 is 0 Å². The van der Waals surface area contributed by atoms with Crippen molar-refractivity contribution in [3.8, 4) is 0 Å². The zero-order chi connectivity index (χ0) is 19.6. The van der Waals surface area contributed by atoms with Crippen molar-refractivity contribution < 1.29 is 9.21 Å². The number of benzene rings is 2. The number of nitrogens with one attached hydrogen (secondary N) is 2. The van der Waals surface area contributed by atoms with Crippen LogP contribution < -0.4 is 5.32 Å². The Morgan fingerprint density at radius 2 is 1.83 bits per heavy atom. The van der Waals surface area contributed by atoms with Gasteiger partial charge < -0.3 is 9.40 Å². The molecule has 8 heteroatoms. The van der Waals surface area contributed by atoms with E-state index in [-0.39, 0.29) is 11.7 Å². The predicted molar refractivity (Wildman–Crippen MR) is 112 cm³/mol.